The van der Waals surface area contributed by atoms with Crippen LogP contribution in [0.25, 0.3) is 0 Å². The molecule has 1 unspecified atom stereocenters. The third kappa shape index (κ3) is 2.29. The summed E-state index contributed by atoms with van der Waals surface area (Å²) in [4.78, 5) is 3.97. The SMILES string of the molecule is [O-][Cl+3]([O-])([O-])OC1CN2CCN1CC2. The largest absolute Gasteiger partial charge is 0.296 e. The van der Waals surface area contributed by atoms with Crippen molar-refractivity contribution in [3.8, 4) is 0 Å². The summed E-state index contributed by atoms with van der Waals surface area (Å²) in [7, 11) is -4.30. The second-order valence-corrected chi connectivity index (χ2v) is 4.19. The van der Waals surface area contributed by atoms with Gasteiger partial charge in [-0.05, 0) is 0 Å². The molecule has 0 aromatic carbocycles. The Hall–Kier alpha value is 0.0500. The molecule has 6 nitrogen and oxygen atoms in total. The quantitative estimate of drug-likeness (QED) is 0.460. The van der Waals surface area contributed by atoms with Crippen LogP contribution in [-0.4, -0.2) is 48.8 Å². The van der Waals surface area contributed by atoms with Crippen LogP contribution in [-0.2, 0) is 4.29 Å². The molecule has 76 valence electrons. The van der Waals surface area contributed by atoms with Gasteiger partial charge < -0.3 is 0 Å². The summed E-state index contributed by atoms with van der Waals surface area (Å²) in [6, 6.07) is 0. The molecule has 0 amide bonds. The van der Waals surface area contributed by atoms with Gasteiger partial charge in [-0.25, -0.2) is 0 Å². The molecule has 0 saturated carbocycles. The third-order valence-electron chi connectivity index (χ3n) is 2.44. The number of rotatable bonds is 2. The molecule has 0 aromatic heterocycles. The van der Waals surface area contributed by atoms with Crippen LogP contribution < -0.4 is 14.0 Å². The highest BCUT2D eigenvalue weighted by atomic mass is 35.7. The van der Waals surface area contributed by atoms with Gasteiger partial charge in [-0.2, -0.15) is 14.0 Å². The van der Waals surface area contributed by atoms with E-state index < -0.39 is 16.5 Å². The Kier molecular flexibility index (Phi) is 2.45. The summed E-state index contributed by atoms with van der Waals surface area (Å²) < 4.78 is 35.4. The fourth-order valence-electron chi connectivity index (χ4n) is 1.78. The lowest BCUT2D eigenvalue weighted by atomic mass is 10.2. The van der Waals surface area contributed by atoms with E-state index in [-0.39, 0.29) is 0 Å². The van der Waals surface area contributed by atoms with Crippen molar-refractivity contribution < 1.29 is 28.5 Å². The zero-order valence-corrected chi connectivity index (χ0v) is 7.77. The van der Waals surface area contributed by atoms with Crippen molar-refractivity contribution in [1.29, 1.82) is 0 Å². The molecular weight excluding hydrogens is 200 g/mol. The molecule has 2 bridgehead atoms. The van der Waals surface area contributed by atoms with E-state index >= 15 is 0 Å². The second-order valence-electron chi connectivity index (χ2n) is 3.26. The van der Waals surface area contributed by atoms with E-state index in [1.807, 2.05) is 4.90 Å². The fourth-order valence-corrected chi connectivity index (χ4v) is 2.20. The molecule has 0 N–H and O–H groups in total. The fraction of sp³-hybridized carbons (Fsp3) is 1.00. The van der Waals surface area contributed by atoms with Crippen molar-refractivity contribution in [3.63, 3.8) is 0 Å². The molecule has 3 aliphatic heterocycles. The van der Waals surface area contributed by atoms with Gasteiger partial charge in [0.2, 0.25) is 0 Å². The van der Waals surface area contributed by atoms with Gasteiger partial charge >= 0.3 is 0 Å². The average molecular weight is 211 g/mol. The van der Waals surface area contributed by atoms with E-state index in [0.717, 1.165) is 26.2 Å². The molecule has 7 heteroatoms. The molecular formula is C6H11ClN2O4. The van der Waals surface area contributed by atoms with E-state index in [0.29, 0.717) is 6.54 Å². The molecule has 0 aliphatic carbocycles. The Labute approximate surface area is 78.0 Å². The Morgan fingerprint density at radius 2 is 1.69 bits per heavy atom. The van der Waals surface area contributed by atoms with Crippen LogP contribution in [0.5, 0.6) is 0 Å². The molecule has 0 radical (unpaired) electrons. The highest BCUT2D eigenvalue weighted by Crippen LogP contribution is 2.17. The van der Waals surface area contributed by atoms with E-state index in [1.165, 1.54) is 0 Å². The molecule has 3 aliphatic rings. The number of hydrogen-bond donors (Lipinski definition) is 0. The third-order valence-corrected chi connectivity index (χ3v) is 2.86. The average Bonchev–Trinajstić information content (AvgIpc) is 2.03. The molecule has 1 atom stereocenters. The minimum Gasteiger partial charge on any atom is -0.296 e. The van der Waals surface area contributed by atoms with E-state index in [4.69, 9.17) is 0 Å². The highest BCUT2D eigenvalue weighted by molar-refractivity contribution is 4.82. The Morgan fingerprint density at radius 3 is 2.08 bits per heavy atom. The zero-order valence-electron chi connectivity index (χ0n) is 7.02. The molecule has 0 aromatic rings. The van der Waals surface area contributed by atoms with Gasteiger partial charge in [-0.15, -0.1) is 0 Å². The van der Waals surface area contributed by atoms with Crippen molar-refractivity contribution in [2.45, 2.75) is 6.23 Å². The van der Waals surface area contributed by atoms with Gasteiger partial charge in [0.1, 0.15) is 0 Å². The van der Waals surface area contributed by atoms with Gasteiger partial charge in [0, 0.05) is 26.2 Å². The number of hydrogen-bond acceptors (Lipinski definition) is 6. The molecule has 13 heavy (non-hydrogen) atoms. The van der Waals surface area contributed by atoms with Crippen LogP contribution in [0.3, 0.4) is 0 Å². The van der Waals surface area contributed by atoms with Gasteiger partial charge in [0.15, 0.2) is 0 Å². The van der Waals surface area contributed by atoms with Gasteiger partial charge in [-0.3, -0.25) is 9.80 Å². The first-order valence-electron chi connectivity index (χ1n) is 4.10. The predicted octanol–water partition coefficient (Wildman–Crippen LogP) is -4.14. The second kappa shape index (κ2) is 3.32. The maximum Gasteiger partial charge on any atom is 0.280 e. The maximum atomic E-state index is 10.3. The number of halogens is 1. The normalized spacial score (nSPS) is 39.5. The van der Waals surface area contributed by atoms with Crippen molar-refractivity contribution >= 4 is 0 Å². The molecule has 0 spiro atoms. The molecule has 3 fully saturated rings. The number of fused-ring (bicyclic) bond motifs is 3. The summed E-state index contributed by atoms with van der Waals surface area (Å²) in [6.07, 6.45) is -0.577. The van der Waals surface area contributed by atoms with Gasteiger partial charge in [0.25, 0.3) is 6.23 Å². The van der Waals surface area contributed by atoms with Gasteiger partial charge in [-0.1, -0.05) is 0 Å². The first-order valence-corrected chi connectivity index (χ1v) is 5.33. The molecule has 3 heterocycles. The standard InChI is InChI=1S/C6H11ClN2O4/c10-7(11,12)13-6-5-8-1-3-9(6)4-2-8/h6H,1-5H2. The van der Waals surface area contributed by atoms with Gasteiger partial charge in [0.05, 0.1) is 21.1 Å². The number of nitrogens with zero attached hydrogens (tertiary/aromatic N) is 2. The topological polar surface area (TPSA) is 84.9 Å². The highest BCUT2D eigenvalue weighted by Gasteiger charge is 2.41. The molecule has 3 rings (SSSR count). The van der Waals surface area contributed by atoms with Crippen LogP contribution in [0, 0.1) is 10.2 Å². The summed E-state index contributed by atoms with van der Waals surface area (Å²) in [5, 5.41) is 0. The van der Waals surface area contributed by atoms with E-state index in [9.17, 15) is 14.0 Å². The van der Waals surface area contributed by atoms with E-state index in [2.05, 4.69) is 9.19 Å². The minimum absolute atomic E-state index is 0.508. The Bertz CT molecular complexity index is 190. The monoisotopic (exact) mass is 210 g/mol. The Morgan fingerprint density at radius 1 is 1.08 bits per heavy atom. The van der Waals surface area contributed by atoms with Crippen LogP contribution in [0.4, 0.5) is 0 Å². The smallest absolute Gasteiger partial charge is 0.280 e. The van der Waals surface area contributed by atoms with Crippen LogP contribution in [0.1, 0.15) is 0 Å². The van der Waals surface area contributed by atoms with Crippen molar-refractivity contribution in [3.05, 3.63) is 0 Å². The van der Waals surface area contributed by atoms with E-state index in [1.54, 1.807) is 0 Å². The summed E-state index contributed by atoms with van der Waals surface area (Å²) in [6.45, 7) is 3.91. The minimum atomic E-state index is -4.30. The maximum absolute atomic E-state index is 10.3. The summed E-state index contributed by atoms with van der Waals surface area (Å²) in [5.74, 6) is 0. The van der Waals surface area contributed by atoms with Crippen LogP contribution >= 0.6 is 0 Å². The predicted molar refractivity (Wildman–Crippen MR) is 32.9 cm³/mol. The summed E-state index contributed by atoms with van der Waals surface area (Å²) >= 11 is 0. The lowest BCUT2D eigenvalue weighted by Gasteiger charge is -2.43. The van der Waals surface area contributed by atoms with Crippen molar-refractivity contribution in [2.75, 3.05) is 32.7 Å². The van der Waals surface area contributed by atoms with Crippen LogP contribution in [0.2, 0.25) is 0 Å². The number of piperazine rings is 3. The first kappa shape index (κ1) is 9.60. The van der Waals surface area contributed by atoms with Crippen molar-refractivity contribution in [2.24, 2.45) is 0 Å². The zero-order chi connectivity index (χ0) is 9.47. The first-order chi connectivity index (χ1) is 6.04. The lowest BCUT2D eigenvalue weighted by molar-refractivity contribution is -1.92. The van der Waals surface area contributed by atoms with Crippen molar-refractivity contribution in [1.82, 2.24) is 9.80 Å². The Balaban J connectivity index is 1.94. The summed E-state index contributed by atoms with van der Waals surface area (Å²) in [5.41, 5.74) is 0. The molecule has 3 saturated heterocycles. The lowest BCUT2D eigenvalue weighted by Crippen LogP contribution is -2.69. The van der Waals surface area contributed by atoms with Crippen LogP contribution in [0.15, 0.2) is 0 Å².